The van der Waals surface area contributed by atoms with E-state index in [0.29, 0.717) is 5.25 Å². The molecule has 0 aliphatic carbocycles. The second-order valence-electron chi connectivity index (χ2n) is 4.08. The van der Waals surface area contributed by atoms with Crippen LogP contribution in [0.4, 0.5) is 0 Å². The van der Waals surface area contributed by atoms with Crippen LogP contribution in [0.5, 0.6) is 11.5 Å². The fourth-order valence-electron chi connectivity index (χ4n) is 2.00. The highest BCUT2D eigenvalue weighted by Crippen LogP contribution is 2.35. The molecule has 0 bridgehead atoms. The van der Waals surface area contributed by atoms with Crippen LogP contribution in [-0.2, 0) is 0 Å². The zero-order valence-electron chi connectivity index (χ0n) is 10.4. The molecule has 0 amide bonds. The maximum atomic E-state index is 5.32. The minimum atomic E-state index is 0.717. The lowest BCUT2D eigenvalue weighted by atomic mass is 10.2. The first-order valence-corrected chi connectivity index (χ1v) is 6.81. The Bertz CT molecular complexity index is 364. The molecule has 0 spiro atoms. The third-order valence-corrected chi connectivity index (χ3v) is 4.27. The Kier molecular flexibility index (Phi) is 4.57. The summed E-state index contributed by atoms with van der Waals surface area (Å²) in [4.78, 5) is 1.26. The number of thioether (sulfide) groups is 1. The summed E-state index contributed by atoms with van der Waals surface area (Å²) in [7, 11) is 3.34. The molecule has 4 heteroatoms. The SMILES string of the molecule is COc1ccc(SC2CCNCC2)cc1OC. The second kappa shape index (κ2) is 6.17. The molecule has 17 heavy (non-hydrogen) atoms. The van der Waals surface area contributed by atoms with Crippen LogP contribution in [0.3, 0.4) is 0 Å². The second-order valence-corrected chi connectivity index (χ2v) is 5.46. The lowest BCUT2D eigenvalue weighted by Crippen LogP contribution is -2.29. The number of rotatable bonds is 4. The highest BCUT2D eigenvalue weighted by Gasteiger charge is 2.15. The quantitative estimate of drug-likeness (QED) is 0.893. The molecule has 1 fully saturated rings. The van der Waals surface area contributed by atoms with E-state index in [2.05, 4.69) is 17.4 Å². The van der Waals surface area contributed by atoms with Crippen molar-refractivity contribution in [3.8, 4) is 11.5 Å². The first-order chi connectivity index (χ1) is 8.33. The van der Waals surface area contributed by atoms with Gasteiger partial charge < -0.3 is 14.8 Å². The van der Waals surface area contributed by atoms with Crippen LogP contribution < -0.4 is 14.8 Å². The molecule has 3 nitrogen and oxygen atoms in total. The van der Waals surface area contributed by atoms with Crippen molar-refractivity contribution >= 4 is 11.8 Å². The lowest BCUT2D eigenvalue weighted by Gasteiger charge is -2.22. The molecule has 0 unspecified atom stereocenters. The highest BCUT2D eigenvalue weighted by atomic mass is 32.2. The Morgan fingerprint density at radius 2 is 1.82 bits per heavy atom. The predicted molar refractivity (Wildman–Crippen MR) is 71.3 cm³/mol. The molecule has 94 valence electrons. The molecule has 0 aromatic heterocycles. The average Bonchev–Trinajstić information content (AvgIpc) is 2.40. The van der Waals surface area contributed by atoms with Gasteiger partial charge >= 0.3 is 0 Å². The van der Waals surface area contributed by atoms with Gasteiger partial charge in [-0.15, -0.1) is 11.8 Å². The third-order valence-electron chi connectivity index (χ3n) is 2.94. The van der Waals surface area contributed by atoms with Gasteiger partial charge in [0, 0.05) is 10.1 Å². The van der Waals surface area contributed by atoms with E-state index in [1.165, 1.54) is 17.7 Å². The van der Waals surface area contributed by atoms with Crippen LogP contribution in [0.2, 0.25) is 0 Å². The maximum Gasteiger partial charge on any atom is 0.161 e. The van der Waals surface area contributed by atoms with E-state index < -0.39 is 0 Å². The molecule has 2 rings (SSSR count). The van der Waals surface area contributed by atoms with E-state index in [1.807, 2.05) is 17.8 Å². The number of hydrogen-bond acceptors (Lipinski definition) is 4. The van der Waals surface area contributed by atoms with Crippen molar-refractivity contribution in [1.29, 1.82) is 0 Å². The van der Waals surface area contributed by atoms with Crippen molar-refractivity contribution in [2.75, 3.05) is 27.3 Å². The third kappa shape index (κ3) is 3.30. The maximum absolute atomic E-state index is 5.32. The standard InChI is InChI=1S/C13H19NO2S/c1-15-12-4-3-11(9-13(12)16-2)17-10-5-7-14-8-6-10/h3-4,9-10,14H,5-8H2,1-2H3. The van der Waals surface area contributed by atoms with E-state index in [9.17, 15) is 0 Å². The molecule has 1 heterocycles. The summed E-state index contributed by atoms with van der Waals surface area (Å²) in [5.74, 6) is 1.61. The predicted octanol–water partition coefficient (Wildman–Crippen LogP) is 2.55. The molecule has 1 aromatic rings. The Balaban J connectivity index is 2.05. The van der Waals surface area contributed by atoms with E-state index in [1.54, 1.807) is 14.2 Å². The minimum Gasteiger partial charge on any atom is -0.493 e. The van der Waals surface area contributed by atoms with Crippen LogP contribution in [-0.4, -0.2) is 32.6 Å². The summed E-state index contributed by atoms with van der Waals surface area (Å²) in [6.07, 6.45) is 2.47. The normalized spacial score (nSPS) is 16.8. The number of nitrogens with one attached hydrogen (secondary N) is 1. The smallest absolute Gasteiger partial charge is 0.161 e. The zero-order chi connectivity index (χ0) is 12.1. The van der Waals surface area contributed by atoms with Gasteiger partial charge in [-0.25, -0.2) is 0 Å². The number of methoxy groups -OCH3 is 2. The van der Waals surface area contributed by atoms with Crippen molar-refractivity contribution in [2.45, 2.75) is 23.0 Å². The van der Waals surface area contributed by atoms with Gasteiger partial charge in [0.1, 0.15) is 0 Å². The van der Waals surface area contributed by atoms with Crippen LogP contribution in [0.25, 0.3) is 0 Å². The summed E-state index contributed by atoms with van der Waals surface area (Å²) >= 11 is 1.94. The molecule has 0 saturated carbocycles. The minimum absolute atomic E-state index is 0.717. The molecule has 1 N–H and O–H groups in total. The average molecular weight is 253 g/mol. The van der Waals surface area contributed by atoms with Gasteiger partial charge in [0.05, 0.1) is 14.2 Å². The van der Waals surface area contributed by atoms with Crippen molar-refractivity contribution in [1.82, 2.24) is 5.32 Å². The van der Waals surface area contributed by atoms with E-state index in [4.69, 9.17) is 9.47 Å². The van der Waals surface area contributed by atoms with Crippen LogP contribution in [0.1, 0.15) is 12.8 Å². The van der Waals surface area contributed by atoms with Crippen molar-refractivity contribution in [2.24, 2.45) is 0 Å². The molecular formula is C13H19NO2S. The largest absolute Gasteiger partial charge is 0.493 e. The Hall–Kier alpha value is -0.870. The number of hydrogen-bond donors (Lipinski definition) is 1. The molecule has 1 aliphatic heterocycles. The fourth-order valence-corrected chi connectivity index (χ4v) is 3.17. The summed E-state index contributed by atoms with van der Waals surface area (Å²) in [6, 6.07) is 6.14. The molecule has 1 saturated heterocycles. The summed E-state index contributed by atoms with van der Waals surface area (Å²) in [5, 5.41) is 4.10. The fraction of sp³-hybridized carbons (Fsp3) is 0.538. The highest BCUT2D eigenvalue weighted by molar-refractivity contribution is 8.00. The monoisotopic (exact) mass is 253 g/mol. The zero-order valence-corrected chi connectivity index (χ0v) is 11.2. The van der Waals surface area contributed by atoms with E-state index >= 15 is 0 Å². The number of benzene rings is 1. The molecule has 1 aromatic carbocycles. The molecule has 0 atom stereocenters. The van der Waals surface area contributed by atoms with E-state index in [0.717, 1.165) is 24.6 Å². The van der Waals surface area contributed by atoms with Gasteiger partial charge in [-0.3, -0.25) is 0 Å². The lowest BCUT2D eigenvalue weighted by molar-refractivity contribution is 0.354. The molecule has 0 radical (unpaired) electrons. The van der Waals surface area contributed by atoms with Gasteiger partial charge in [-0.1, -0.05) is 0 Å². The Morgan fingerprint density at radius 3 is 2.47 bits per heavy atom. The van der Waals surface area contributed by atoms with Gasteiger partial charge in [0.15, 0.2) is 11.5 Å². The van der Waals surface area contributed by atoms with Gasteiger partial charge in [0.25, 0.3) is 0 Å². The Labute approximate surface area is 107 Å². The number of piperidine rings is 1. The molecular weight excluding hydrogens is 234 g/mol. The van der Waals surface area contributed by atoms with Crippen LogP contribution in [0, 0.1) is 0 Å². The van der Waals surface area contributed by atoms with Crippen LogP contribution >= 0.6 is 11.8 Å². The first kappa shape index (κ1) is 12.6. The van der Waals surface area contributed by atoms with E-state index in [-0.39, 0.29) is 0 Å². The summed E-state index contributed by atoms with van der Waals surface area (Å²) < 4.78 is 10.6. The number of ether oxygens (including phenoxy) is 2. The summed E-state index contributed by atoms with van der Waals surface area (Å²) in [6.45, 7) is 2.26. The topological polar surface area (TPSA) is 30.5 Å². The first-order valence-electron chi connectivity index (χ1n) is 5.93. The Morgan fingerprint density at radius 1 is 1.12 bits per heavy atom. The van der Waals surface area contributed by atoms with Crippen molar-refractivity contribution < 1.29 is 9.47 Å². The van der Waals surface area contributed by atoms with Crippen LogP contribution in [0.15, 0.2) is 23.1 Å². The van der Waals surface area contributed by atoms with Gasteiger partial charge in [-0.05, 0) is 44.1 Å². The van der Waals surface area contributed by atoms with Gasteiger partial charge in [-0.2, -0.15) is 0 Å². The van der Waals surface area contributed by atoms with Gasteiger partial charge in [0.2, 0.25) is 0 Å². The van der Waals surface area contributed by atoms with Crippen molar-refractivity contribution in [3.05, 3.63) is 18.2 Å². The summed E-state index contributed by atoms with van der Waals surface area (Å²) in [5.41, 5.74) is 0. The van der Waals surface area contributed by atoms with Crippen molar-refractivity contribution in [3.63, 3.8) is 0 Å². The molecule has 1 aliphatic rings.